The van der Waals surface area contributed by atoms with E-state index >= 15 is 0 Å². The Morgan fingerprint density at radius 1 is 1.38 bits per heavy atom. The molecule has 112 valence electrons. The van der Waals surface area contributed by atoms with E-state index < -0.39 is 12.4 Å². The van der Waals surface area contributed by atoms with Gasteiger partial charge in [-0.15, -0.1) is 13.2 Å². The number of amides is 1. The molecule has 0 radical (unpaired) electrons. The molecule has 0 saturated carbocycles. The van der Waals surface area contributed by atoms with Gasteiger partial charge in [0, 0.05) is 25.0 Å². The average Bonchev–Trinajstić information content (AvgIpc) is 2.92. The fourth-order valence-electron chi connectivity index (χ4n) is 1.75. The number of rotatable bonds is 3. The number of benzene rings is 1. The zero-order chi connectivity index (χ0) is 15.5. The van der Waals surface area contributed by atoms with Crippen molar-refractivity contribution in [2.45, 2.75) is 12.9 Å². The first-order chi connectivity index (χ1) is 9.87. The van der Waals surface area contributed by atoms with Crippen LogP contribution in [0, 0.1) is 0 Å². The maximum atomic E-state index is 12.3. The summed E-state index contributed by atoms with van der Waals surface area (Å²) in [4.78, 5) is 17.0. The Morgan fingerprint density at radius 2 is 2.10 bits per heavy atom. The molecule has 5 nitrogen and oxygen atoms in total. The van der Waals surface area contributed by atoms with E-state index in [0.717, 1.165) is 0 Å². The third kappa shape index (κ3) is 3.98. The van der Waals surface area contributed by atoms with E-state index in [1.807, 2.05) is 0 Å². The van der Waals surface area contributed by atoms with Crippen LogP contribution in [-0.4, -0.2) is 33.9 Å². The minimum absolute atomic E-state index is 0.0245. The lowest BCUT2D eigenvalue weighted by molar-refractivity contribution is -0.274. The van der Waals surface area contributed by atoms with Gasteiger partial charge in [-0.2, -0.15) is 0 Å². The summed E-state index contributed by atoms with van der Waals surface area (Å²) in [5, 5.41) is 0. The molecular weight excluding hydrogens is 287 g/mol. The molecule has 0 unspecified atom stereocenters. The van der Waals surface area contributed by atoms with Crippen LogP contribution in [0.3, 0.4) is 0 Å². The quantitative estimate of drug-likeness (QED) is 0.875. The van der Waals surface area contributed by atoms with Gasteiger partial charge in [-0.1, -0.05) is 18.2 Å². The highest BCUT2D eigenvalue weighted by Gasteiger charge is 2.32. The molecule has 0 fully saturated rings. The van der Waals surface area contributed by atoms with Crippen molar-refractivity contribution in [3.63, 3.8) is 0 Å². The van der Waals surface area contributed by atoms with Crippen LogP contribution in [0.15, 0.2) is 43.0 Å². The van der Waals surface area contributed by atoms with Crippen LogP contribution in [0.25, 0.3) is 0 Å². The van der Waals surface area contributed by atoms with E-state index in [1.54, 1.807) is 6.07 Å². The molecule has 0 aliphatic heterocycles. The summed E-state index contributed by atoms with van der Waals surface area (Å²) in [5.41, 5.74) is 0.255. The topological polar surface area (TPSA) is 47.4 Å². The van der Waals surface area contributed by atoms with Crippen LogP contribution < -0.4 is 4.74 Å². The highest BCUT2D eigenvalue weighted by molar-refractivity contribution is 5.76. The summed E-state index contributed by atoms with van der Waals surface area (Å²) < 4.78 is 42.2. The number of para-hydroxylation sites is 1. The van der Waals surface area contributed by atoms with Crippen molar-refractivity contribution in [1.82, 2.24) is 14.5 Å². The summed E-state index contributed by atoms with van der Waals surface area (Å²) in [5.74, 6) is -0.324. The number of nitrogens with zero attached hydrogens (tertiary/aromatic N) is 3. The molecule has 2 rings (SSSR count). The number of imidazole rings is 1. The SMILES string of the molecule is CN(Cc1ccccc1OC(F)(F)F)C(=O)n1ccnc1. The van der Waals surface area contributed by atoms with Crippen molar-refractivity contribution in [3.05, 3.63) is 48.5 Å². The Morgan fingerprint density at radius 3 is 2.71 bits per heavy atom. The first-order valence-electron chi connectivity index (χ1n) is 5.94. The summed E-state index contributed by atoms with van der Waals surface area (Å²) in [6, 6.07) is 5.28. The fourth-order valence-corrected chi connectivity index (χ4v) is 1.75. The normalized spacial score (nSPS) is 11.2. The molecule has 1 aromatic carbocycles. The maximum Gasteiger partial charge on any atom is 0.573 e. The van der Waals surface area contributed by atoms with Gasteiger partial charge in [0.25, 0.3) is 0 Å². The van der Waals surface area contributed by atoms with Gasteiger partial charge in [0.2, 0.25) is 0 Å². The van der Waals surface area contributed by atoms with E-state index in [0.29, 0.717) is 0 Å². The Labute approximate surface area is 118 Å². The number of ether oxygens (including phenoxy) is 1. The maximum absolute atomic E-state index is 12.3. The molecule has 2 aromatic rings. The van der Waals surface area contributed by atoms with Crippen LogP contribution in [0.5, 0.6) is 5.75 Å². The summed E-state index contributed by atoms with van der Waals surface area (Å²) in [6.45, 7) is -0.0245. The van der Waals surface area contributed by atoms with Crippen LogP contribution in [0.2, 0.25) is 0 Å². The zero-order valence-corrected chi connectivity index (χ0v) is 11.0. The lowest BCUT2D eigenvalue weighted by Gasteiger charge is -2.19. The van der Waals surface area contributed by atoms with Crippen molar-refractivity contribution in [2.75, 3.05) is 7.05 Å². The van der Waals surface area contributed by atoms with Crippen LogP contribution in [-0.2, 0) is 6.54 Å². The van der Waals surface area contributed by atoms with Crippen molar-refractivity contribution in [2.24, 2.45) is 0 Å². The highest BCUT2D eigenvalue weighted by Crippen LogP contribution is 2.27. The molecule has 1 heterocycles. The number of halogens is 3. The van der Waals surface area contributed by atoms with Crippen molar-refractivity contribution in [3.8, 4) is 5.75 Å². The van der Waals surface area contributed by atoms with E-state index in [2.05, 4.69) is 9.72 Å². The Hall–Kier alpha value is -2.51. The summed E-state index contributed by atoms with van der Waals surface area (Å²) in [6.07, 6.45) is -0.566. The van der Waals surface area contributed by atoms with E-state index in [-0.39, 0.29) is 17.9 Å². The second kappa shape index (κ2) is 5.86. The van der Waals surface area contributed by atoms with Gasteiger partial charge < -0.3 is 9.64 Å². The van der Waals surface area contributed by atoms with Crippen molar-refractivity contribution >= 4 is 6.03 Å². The molecule has 21 heavy (non-hydrogen) atoms. The Kier molecular flexibility index (Phi) is 4.15. The minimum Gasteiger partial charge on any atom is -0.405 e. The molecule has 8 heteroatoms. The molecule has 0 saturated heterocycles. The highest BCUT2D eigenvalue weighted by atomic mass is 19.4. The average molecular weight is 299 g/mol. The second-order valence-electron chi connectivity index (χ2n) is 4.26. The van der Waals surface area contributed by atoms with E-state index in [1.165, 1.54) is 53.4 Å². The number of hydrogen-bond donors (Lipinski definition) is 0. The molecule has 0 bridgehead atoms. The van der Waals surface area contributed by atoms with Gasteiger partial charge in [0.1, 0.15) is 12.1 Å². The third-order valence-corrected chi connectivity index (χ3v) is 2.66. The molecule has 0 aliphatic carbocycles. The molecule has 1 amide bonds. The van der Waals surface area contributed by atoms with Gasteiger partial charge in [0.15, 0.2) is 0 Å². The first kappa shape index (κ1) is 14.9. The number of alkyl halides is 3. The molecule has 0 N–H and O–H groups in total. The van der Waals surface area contributed by atoms with Crippen LogP contribution >= 0.6 is 0 Å². The lowest BCUT2D eigenvalue weighted by Crippen LogP contribution is -2.30. The predicted octanol–water partition coefficient (Wildman–Crippen LogP) is 2.88. The van der Waals surface area contributed by atoms with Gasteiger partial charge in [-0.25, -0.2) is 9.78 Å². The monoisotopic (exact) mass is 299 g/mol. The van der Waals surface area contributed by atoms with Crippen molar-refractivity contribution in [1.29, 1.82) is 0 Å². The summed E-state index contributed by atoms with van der Waals surface area (Å²) in [7, 11) is 1.48. The van der Waals surface area contributed by atoms with Gasteiger partial charge in [0.05, 0.1) is 6.54 Å². The largest absolute Gasteiger partial charge is 0.573 e. The number of carbonyl (C=O) groups excluding carboxylic acids is 1. The molecule has 1 aromatic heterocycles. The molecular formula is C13H12F3N3O2. The molecule has 0 spiro atoms. The molecule has 0 atom stereocenters. The number of aromatic nitrogens is 2. The smallest absolute Gasteiger partial charge is 0.405 e. The van der Waals surface area contributed by atoms with Gasteiger partial charge >= 0.3 is 12.4 Å². The number of hydrogen-bond acceptors (Lipinski definition) is 3. The van der Waals surface area contributed by atoms with Crippen LogP contribution in [0.1, 0.15) is 5.56 Å². The lowest BCUT2D eigenvalue weighted by atomic mass is 10.2. The second-order valence-corrected chi connectivity index (χ2v) is 4.26. The number of carbonyl (C=O) groups is 1. The standard InChI is InChI=1S/C13H12F3N3O2/c1-18(12(20)19-7-6-17-9-19)8-10-4-2-3-5-11(10)21-13(14,15)16/h2-7,9H,8H2,1H3. The zero-order valence-electron chi connectivity index (χ0n) is 11.0. The summed E-state index contributed by atoms with van der Waals surface area (Å²) >= 11 is 0. The fraction of sp³-hybridized carbons (Fsp3) is 0.231. The first-order valence-corrected chi connectivity index (χ1v) is 5.94. The van der Waals surface area contributed by atoms with Crippen LogP contribution in [0.4, 0.5) is 18.0 Å². The Bertz CT molecular complexity index is 611. The van der Waals surface area contributed by atoms with Gasteiger partial charge in [-0.05, 0) is 6.07 Å². The van der Waals surface area contributed by atoms with Gasteiger partial charge in [-0.3, -0.25) is 4.57 Å². The minimum atomic E-state index is -4.77. The third-order valence-electron chi connectivity index (χ3n) is 2.66. The predicted molar refractivity (Wildman–Crippen MR) is 67.6 cm³/mol. The molecule has 0 aliphatic rings. The van der Waals surface area contributed by atoms with E-state index in [4.69, 9.17) is 0 Å². The van der Waals surface area contributed by atoms with E-state index in [9.17, 15) is 18.0 Å². The Balaban J connectivity index is 2.14. The van der Waals surface area contributed by atoms with Crippen molar-refractivity contribution < 1.29 is 22.7 Å².